The van der Waals surface area contributed by atoms with Gasteiger partial charge in [-0.2, -0.15) is 0 Å². The molecule has 0 saturated heterocycles. The summed E-state index contributed by atoms with van der Waals surface area (Å²) in [5, 5.41) is 11.8. The van der Waals surface area contributed by atoms with Gasteiger partial charge in [-0.25, -0.2) is 4.98 Å². The maximum Gasteiger partial charge on any atom is 0.251 e. The number of H-pyrrole nitrogens is 2. The van der Waals surface area contributed by atoms with Gasteiger partial charge in [0.25, 0.3) is 11.5 Å². The van der Waals surface area contributed by atoms with E-state index in [0.717, 1.165) is 11.8 Å². The van der Waals surface area contributed by atoms with Gasteiger partial charge in [0.1, 0.15) is 0 Å². The van der Waals surface area contributed by atoms with Crippen LogP contribution in [0.5, 0.6) is 5.88 Å². The lowest BCUT2D eigenvalue weighted by atomic mass is 10.2. The van der Waals surface area contributed by atoms with Crippen molar-refractivity contribution in [2.45, 2.75) is 6.42 Å². The maximum atomic E-state index is 11.7. The third-order valence-corrected chi connectivity index (χ3v) is 2.33. The lowest BCUT2D eigenvalue weighted by Gasteiger charge is -2.04. The van der Waals surface area contributed by atoms with Crippen LogP contribution in [-0.2, 0) is 6.42 Å². The molecule has 2 rings (SSSR count). The normalized spacial score (nSPS) is 10.2. The van der Waals surface area contributed by atoms with Crippen LogP contribution in [0, 0.1) is 0 Å². The van der Waals surface area contributed by atoms with Gasteiger partial charge in [-0.3, -0.25) is 14.6 Å². The summed E-state index contributed by atoms with van der Waals surface area (Å²) < 4.78 is 0. The van der Waals surface area contributed by atoms with Crippen molar-refractivity contribution in [1.82, 2.24) is 20.3 Å². The summed E-state index contributed by atoms with van der Waals surface area (Å²) in [5.41, 5.74) is 0.513. The van der Waals surface area contributed by atoms with Gasteiger partial charge >= 0.3 is 0 Å². The van der Waals surface area contributed by atoms with Crippen LogP contribution >= 0.6 is 0 Å². The average Bonchev–Trinajstić information content (AvgIpc) is 2.80. The van der Waals surface area contributed by atoms with Crippen molar-refractivity contribution >= 4 is 5.91 Å². The molecule has 0 atom stereocenters. The number of amides is 1. The Balaban J connectivity index is 1.93. The highest BCUT2D eigenvalue weighted by Gasteiger charge is 2.07. The van der Waals surface area contributed by atoms with Gasteiger partial charge < -0.3 is 15.4 Å². The number of pyridine rings is 1. The van der Waals surface area contributed by atoms with E-state index < -0.39 is 11.5 Å². The minimum atomic E-state index is -0.520. The summed E-state index contributed by atoms with van der Waals surface area (Å²) in [6.45, 7) is 0.411. The average molecular weight is 248 g/mol. The van der Waals surface area contributed by atoms with Gasteiger partial charge in [0.15, 0.2) is 5.88 Å². The zero-order valence-corrected chi connectivity index (χ0v) is 9.43. The van der Waals surface area contributed by atoms with Gasteiger partial charge in [-0.05, 0) is 0 Å². The molecule has 7 heteroatoms. The highest BCUT2D eigenvalue weighted by molar-refractivity contribution is 5.94. The first kappa shape index (κ1) is 11.9. The fourth-order valence-electron chi connectivity index (χ4n) is 1.49. The molecule has 0 fully saturated rings. The maximum absolute atomic E-state index is 11.7. The predicted molar refractivity (Wildman–Crippen MR) is 63.4 cm³/mol. The van der Waals surface area contributed by atoms with Gasteiger partial charge in [-0.15, -0.1) is 0 Å². The molecular weight excluding hydrogens is 236 g/mol. The number of aromatic nitrogens is 3. The van der Waals surface area contributed by atoms with E-state index in [2.05, 4.69) is 20.3 Å². The zero-order chi connectivity index (χ0) is 13.0. The summed E-state index contributed by atoms with van der Waals surface area (Å²) in [5.74, 6) is -0.739. The molecule has 7 nitrogen and oxygen atoms in total. The summed E-state index contributed by atoms with van der Waals surface area (Å²) in [6, 6.07) is 2.33. The number of imidazole rings is 1. The van der Waals surface area contributed by atoms with Crippen molar-refractivity contribution in [2.75, 3.05) is 6.54 Å². The fraction of sp³-hybridized carbons (Fsp3) is 0.182. The molecule has 0 aliphatic carbocycles. The minimum Gasteiger partial charge on any atom is -0.494 e. The second-order valence-corrected chi connectivity index (χ2v) is 3.70. The largest absolute Gasteiger partial charge is 0.494 e. The number of carbonyl (C=O) groups is 1. The molecule has 0 saturated carbocycles. The van der Waals surface area contributed by atoms with Crippen molar-refractivity contribution in [2.24, 2.45) is 0 Å². The molecule has 2 aromatic heterocycles. The molecule has 0 spiro atoms. The van der Waals surface area contributed by atoms with E-state index in [0.29, 0.717) is 13.0 Å². The minimum absolute atomic E-state index is 0.126. The molecule has 1 amide bonds. The van der Waals surface area contributed by atoms with Crippen LogP contribution in [0.3, 0.4) is 0 Å². The van der Waals surface area contributed by atoms with Crippen molar-refractivity contribution in [3.8, 4) is 5.88 Å². The summed E-state index contributed by atoms with van der Waals surface area (Å²) in [4.78, 5) is 31.7. The lowest BCUT2D eigenvalue weighted by molar-refractivity contribution is 0.0953. The highest BCUT2D eigenvalue weighted by Crippen LogP contribution is 2.03. The molecule has 0 unspecified atom stereocenters. The van der Waals surface area contributed by atoms with E-state index >= 15 is 0 Å². The number of hydrogen-bond acceptors (Lipinski definition) is 4. The predicted octanol–water partition coefficient (Wildman–Crippen LogP) is -0.224. The number of rotatable bonds is 4. The molecule has 18 heavy (non-hydrogen) atoms. The molecule has 4 N–H and O–H groups in total. The Bertz CT molecular complexity index is 589. The monoisotopic (exact) mass is 248 g/mol. The first-order valence-corrected chi connectivity index (χ1v) is 5.34. The number of aromatic hydroxyl groups is 1. The van der Waals surface area contributed by atoms with E-state index in [4.69, 9.17) is 5.11 Å². The smallest absolute Gasteiger partial charge is 0.251 e. The number of nitrogens with one attached hydrogen (secondary N) is 3. The Morgan fingerprint density at radius 1 is 1.44 bits per heavy atom. The fourth-order valence-corrected chi connectivity index (χ4v) is 1.49. The van der Waals surface area contributed by atoms with Crippen molar-refractivity contribution in [1.29, 1.82) is 0 Å². The molecule has 0 aliphatic rings. The van der Waals surface area contributed by atoms with Crippen LogP contribution in [0.1, 0.15) is 16.1 Å². The third kappa shape index (κ3) is 2.97. The number of nitrogens with zero attached hydrogens (tertiary/aromatic N) is 1. The van der Waals surface area contributed by atoms with Crippen molar-refractivity contribution in [3.05, 3.63) is 46.3 Å². The Hall–Kier alpha value is -2.57. The SMILES string of the molecule is O=C(NCCc1cnc[nH]1)c1cc(O)[nH]c(=O)c1. The highest BCUT2D eigenvalue weighted by atomic mass is 16.3. The van der Waals surface area contributed by atoms with E-state index in [1.165, 1.54) is 6.07 Å². The summed E-state index contributed by atoms with van der Waals surface area (Å²) in [7, 11) is 0. The standard InChI is InChI=1S/C11H12N4O3/c16-9-3-7(4-10(17)15-9)11(18)13-2-1-8-5-12-6-14-8/h3-6H,1-2H2,(H,12,14)(H,13,18)(H2,15,16,17). The van der Waals surface area contributed by atoms with E-state index in [1.54, 1.807) is 12.5 Å². The van der Waals surface area contributed by atoms with Crippen LogP contribution in [0.4, 0.5) is 0 Å². The lowest BCUT2D eigenvalue weighted by Crippen LogP contribution is -2.26. The molecule has 94 valence electrons. The molecule has 0 aliphatic heterocycles. The first-order chi connectivity index (χ1) is 8.65. The van der Waals surface area contributed by atoms with Gasteiger partial charge in [0, 0.05) is 37.0 Å². The number of hydrogen-bond donors (Lipinski definition) is 4. The first-order valence-electron chi connectivity index (χ1n) is 5.34. The van der Waals surface area contributed by atoms with E-state index in [1.807, 2.05) is 0 Å². The van der Waals surface area contributed by atoms with Gasteiger partial charge in [0.2, 0.25) is 0 Å². The molecule has 0 radical (unpaired) electrons. The third-order valence-electron chi connectivity index (χ3n) is 2.33. The second-order valence-electron chi connectivity index (χ2n) is 3.70. The Morgan fingerprint density at radius 3 is 2.94 bits per heavy atom. The topological polar surface area (TPSA) is 111 Å². The Morgan fingerprint density at radius 2 is 2.28 bits per heavy atom. The van der Waals surface area contributed by atoms with E-state index in [9.17, 15) is 9.59 Å². The van der Waals surface area contributed by atoms with Crippen molar-refractivity contribution < 1.29 is 9.90 Å². The van der Waals surface area contributed by atoms with Gasteiger partial charge in [0.05, 0.1) is 11.9 Å². The van der Waals surface area contributed by atoms with Crippen LogP contribution < -0.4 is 10.9 Å². The molecule has 0 bridgehead atoms. The molecule has 2 heterocycles. The van der Waals surface area contributed by atoms with Gasteiger partial charge in [-0.1, -0.05) is 0 Å². The Labute approximate surface area is 102 Å². The zero-order valence-electron chi connectivity index (χ0n) is 9.43. The molecule has 0 aromatic carbocycles. The molecule has 2 aromatic rings. The van der Waals surface area contributed by atoms with Crippen molar-refractivity contribution in [3.63, 3.8) is 0 Å². The quantitative estimate of drug-likeness (QED) is 0.599. The van der Waals surface area contributed by atoms with Crippen LogP contribution in [-0.4, -0.2) is 32.5 Å². The van der Waals surface area contributed by atoms with E-state index in [-0.39, 0.29) is 11.4 Å². The number of carbonyl (C=O) groups excluding carboxylic acids is 1. The summed E-state index contributed by atoms with van der Waals surface area (Å²) >= 11 is 0. The number of aromatic amines is 2. The Kier molecular flexibility index (Phi) is 3.42. The van der Waals surface area contributed by atoms with Crippen LogP contribution in [0.25, 0.3) is 0 Å². The van der Waals surface area contributed by atoms with Crippen LogP contribution in [0.2, 0.25) is 0 Å². The second kappa shape index (κ2) is 5.17. The van der Waals surface area contributed by atoms with Crippen LogP contribution in [0.15, 0.2) is 29.5 Å². The molecular formula is C11H12N4O3. The summed E-state index contributed by atoms with van der Waals surface area (Å²) in [6.07, 6.45) is 3.85.